The quantitative estimate of drug-likeness (QED) is 0.853. The first-order valence-electron chi connectivity index (χ1n) is 8.64. The van der Waals surface area contributed by atoms with E-state index in [-0.39, 0.29) is 11.3 Å². The van der Waals surface area contributed by atoms with Crippen LogP contribution in [0.1, 0.15) is 31.7 Å². The highest BCUT2D eigenvalue weighted by atomic mass is 16.2. The first-order valence-corrected chi connectivity index (χ1v) is 8.64. The molecule has 0 N–H and O–H groups in total. The van der Waals surface area contributed by atoms with Gasteiger partial charge in [0.2, 0.25) is 5.91 Å². The Morgan fingerprint density at radius 1 is 1.17 bits per heavy atom. The maximum atomic E-state index is 12.7. The molecule has 5 nitrogen and oxygen atoms in total. The molecular weight excluding hydrogens is 300 g/mol. The zero-order valence-corrected chi connectivity index (χ0v) is 14.0. The van der Waals surface area contributed by atoms with E-state index in [9.17, 15) is 4.79 Å². The standard InChI is InChI=1S/C19H22N4O/c1-2-23-16-6-4-3-5-15(16)19(13-18(23)24)7-11-22(12-8-19)17-14-20-9-10-21-17/h3-6,9-10,14H,2,7-8,11-13H2,1H3. The third-order valence-electron chi connectivity index (χ3n) is 5.47. The predicted molar refractivity (Wildman–Crippen MR) is 94.2 cm³/mol. The topological polar surface area (TPSA) is 49.3 Å². The Hall–Kier alpha value is -2.43. The van der Waals surface area contributed by atoms with Crippen LogP contribution in [-0.2, 0) is 10.2 Å². The van der Waals surface area contributed by atoms with Gasteiger partial charge in [0.1, 0.15) is 5.82 Å². The van der Waals surface area contributed by atoms with Crippen molar-refractivity contribution in [1.82, 2.24) is 9.97 Å². The fourth-order valence-corrected chi connectivity index (χ4v) is 4.18. The fourth-order valence-electron chi connectivity index (χ4n) is 4.18. The normalized spacial score (nSPS) is 19.5. The van der Waals surface area contributed by atoms with Crippen molar-refractivity contribution < 1.29 is 4.79 Å². The molecule has 5 heteroatoms. The number of hydrogen-bond donors (Lipinski definition) is 0. The summed E-state index contributed by atoms with van der Waals surface area (Å²) in [6, 6.07) is 8.43. The Kier molecular flexibility index (Phi) is 3.71. The van der Waals surface area contributed by atoms with Crippen LogP contribution in [-0.4, -0.2) is 35.5 Å². The highest BCUT2D eigenvalue weighted by Gasteiger charge is 2.44. The van der Waals surface area contributed by atoms with Crippen LogP contribution < -0.4 is 9.80 Å². The zero-order chi connectivity index (χ0) is 16.6. The molecule has 0 bridgehead atoms. The molecule has 1 aromatic heterocycles. The van der Waals surface area contributed by atoms with E-state index >= 15 is 0 Å². The van der Waals surface area contributed by atoms with E-state index < -0.39 is 0 Å². The molecule has 0 radical (unpaired) electrons. The summed E-state index contributed by atoms with van der Waals surface area (Å²) in [4.78, 5) is 25.5. The Morgan fingerprint density at radius 2 is 1.96 bits per heavy atom. The molecule has 1 amide bonds. The van der Waals surface area contributed by atoms with Crippen molar-refractivity contribution in [3.05, 3.63) is 48.4 Å². The summed E-state index contributed by atoms with van der Waals surface area (Å²) in [6.45, 7) is 4.60. The minimum atomic E-state index is -0.0297. The van der Waals surface area contributed by atoms with E-state index in [2.05, 4.69) is 33.1 Å². The summed E-state index contributed by atoms with van der Waals surface area (Å²) in [5, 5.41) is 0. The highest BCUT2D eigenvalue weighted by molar-refractivity contribution is 5.98. The molecule has 2 aliphatic heterocycles. The smallest absolute Gasteiger partial charge is 0.227 e. The van der Waals surface area contributed by atoms with Crippen molar-refractivity contribution in [3.63, 3.8) is 0 Å². The van der Waals surface area contributed by atoms with Gasteiger partial charge in [0, 0.05) is 49.6 Å². The number of nitrogens with zero attached hydrogens (tertiary/aromatic N) is 4. The molecule has 124 valence electrons. The number of rotatable bonds is 2. The van der Waals surface area contributed by atoms with Gasteiger partial charge in [0.25, 0.3) is 0 Å². The number of fused-ring (bicyclic) bond motifs is 2. The average molecular weight is 322 g/mol. The maximum absolute atomic E-state index is 12.7. The SMILES string of the molecule is CCN1C(=O)CC2(CCN(c3cnccn3)CC2)c2ccccc21. The van der Waals surface area contributed by atoms with Crippen molar-refractivity contribution >= 4 is 17.4 Å². The van der Waals surface area contributed by atoms with Crippen LogP contribution in [0.5, 0.6) is 0 Å². The number of piperidine rings is 1. The summed E-state index contributed by atoms with van der Waals surface area (Å²) < 4.78 is 0. The lowest BCUT2D eigenvalue weighted by Gasteiger charge is -2.47. The number of anilines is 2. The Labute approximate surface area is 142 Å². The molecule has 0 saturated carbocycles. The number of carbonyl (C=O) groups is 1. The third kappa shape index (κ3) is 2.35. The van der Waals surface area contributed by atoms with Gasteiger partial charge >= 0.3 is 0 Å². The first-order chi connectivity index (χ1) is 11.7. The van der Waals surface area contributed by atoms with Crippen LogP contribution in [0.15, 0.2) is 42.9 Å². The van der Waals surface area contributed by atoms with Crippen LogP contribution in [0.2, 0.25) is 0 Å². The molecule has 1 saturated heterocycles. The number of benzene rings is 1. The van der Waals surface area contributed by atoms with Gasteiger partial charge in [-0.25, -0.2) is 4.98 Å². The number of hydrogen-bond acceptors (Lipinski definition) is 4. The maximum Gasteiger partial charge on any atom is 0.227 e. The summed E-state index contributed by atoms with van der Waals surface area (Å²) in [5.41, 5.74) is 2.41. The van der Waals surface area contributed by atoms with Crippen molar-refractivity contribution in [2.45, 2.75) is 31.6 Å². The van der Waals surface area contributed by atoms with Crippen LogP contribution in [0.4, 0.5) is 11.5 Å². The molecule has 2 aromatic rings. The van der Waals surface area contributed by atoms with Crippen LogP contribution in [0, 0.1) is 0 Å². The molecule has 1 spiro atoms. The van der Waals surface area contributed by atoms with Crippen molar-refractivity contribution in [3.8, 4) is 0 Å². The van der Waals surface area contributed by atoms with Gasteiger partial charge in [-0.2, -0.15) is 0 Å². The van der Waals surface area contributed by atoms with E-state index in [1.807, 2.05) is 24.1 Å². The molecule has 24 heavy (non-hydrogen) atoms. The van der Waals surface area contributed by atoms with Crippen molar-refractivity contribution in [1.29, 1.82) is 0 Å². The second-order valence-corrected chi connectivity index (χ2v) is 6.66. The van der Waals surface area contributed by atoms with Gasteiger partial charge in [-0.15, -0.1) is 0 Å². The Bertz CT molecular complexity index is 738. The molecule has 1 aromatic carbocycles. The van der Waals surface area contributed by atoms with Gasteiger partial charge in [-0.3, -0.25) is 9.78 Å². The Balaban J connectivity index is 1.64. The lowest BCUT2D eigenvalue weighted by molar-refractivity contribution is -0.120. The van der Waals surface area contributed by atoms with E-state index in [1.54, 1.807) is 12.4 Å². The highest BCUT2D eigenvalue weighted by Crippen LogP contribution is 2.47. The molecule has 0 atom stereocenters. The van der Waals surface area contributed by atoms with Gasteiger partial charge in [0.15, 0.2) is 0 Å². The monoisotopic (exact) mass is 322 g/mol. The molecular formula is C19H22N4O. The summed E-state index contributed by atoms with van der Waals surface area (Å²) in [7, 11) is 0. The summed E-state index contributed by atoms with van der Waals surface area (Å²) in [5.74, 6) is 1.18. The van der Waals surface area contributed by atoms with E-state index in [1.165, 1.54) is 5.56 Å². The lowest BCUT2D eigenvalue weighted by Crippen LogP contribution is -2.50. The van der Waals surface area contributed by atoms with Gasteiger partial charge < -0.3 is 9.80 Å². The van der Waals surface area contributed by atoms with E-state index in [4.69, 9.17) is 0 Å². The number of aromatic nitrogens is 2. The van der Waals surface area contributed by atoms with Gasteiger partial charge in [-0.05, 0) is 31.4 Å². The van der Waals surface area contributed by atoms with E-state index in [0.717, 1.165) is 44.0 Å². The first kappa shape index (κ1) is 15.1. The second kappa shape index (κ2) is 5.89. The number of amides is 1. The largest absolute Gasteiger partial charge is 0.355 e. The minimum Gasteiger partial charge on any atom is -0.355 e. The van der Waals surface area contributed by atoms with Gasteiger partial charge in [-0.1, -0.05) is 18.2 Å². The lowest BCUT2D eigenvalue weighted by atomic mass is 9.67. The predicted octanol–water partition coefficient (Wildman–Crippen LogP) is 2.77. The molecule has 1 fully saturated rings. The zero-order valence-electron chi connectivity index (χ0n) is 14.0. The van der Waals surface area contributed by atoms with Crippen LogP contribution in [0.3, 0.4) is 0 Å². The molecule has 0 unspecified atom stereocenters. The average Bonchev–Trinajstić information content (AvgIpc) is 2.64. The van der Waals surface area contributed by atoms with Crippen LogP contribution >= 0.6 is 0 Å². The van der Waals surface area contributed by atoms with Gasteiger partial charge in [0.05, 0.1) is 6.20 Å². The van der Waals surface area contributed by atoms with Crippen molar-refractivity contribution in [2.75, 3.05) is 29.4 Å². The van der Waals surface area contributed by atoms with Crippen molar-refractivity contribution in [2.24, 2.45) is 0 Å². The minimum absolute atomic E-state index is 0.0297. The molecule has 2 aliphatic rings. The Morgan fingerprint density at radius 3 is 2.67 bits per heavy atom. The summed E-state index contributed by atoms with van der Waals surface area (Å²) in [6.07, 6.45) is 7.82. The fraction of sp³-hybridized carbons (Fsp3) is 0.421. The van der Waals surface area contributed by atoms with E-state index in [0.29, 0.717) is 6.42 Å². The third-order valence-corrected chi connectivity index (χ3v) is 5.47. The second-order valence-electron chi connectivity index (χ2n) is 6.66. The molecule has 3 heterocycles. The number of para-hydroxylation sites is 1. The summed E-state index contributed by atoms with van der Waals surface area (Å²) >= 11 is 0. The molecule has 0 aliphatic carbocycles. The van der Waals surface area contributed by atoms with Crippen LogP contribution in [0.25, 0.3) is 0 Å². The molecule has 4 rings (SSSR count). The number of carbonyl (C=O) groups excluding carboxylic acids is 1.